The maximum Gasteiger partial charge on any atom is 0.263 e. The van der Waals surface area contributed by atoms with Crippen LogP contribution < -0.4 is 4.74 Å². The minimum atomic E-state index is -0.622. The van der Waals surface area contributed by atoms with Crippen molar-refractivity contribution in [1.82, 2.24) is 19.6 Å². The van der Waals surface area contributed by atoms with Gasteiger partial charge in [0.05, 0.1) is 5.69 Å². The number of carbonyl (C=O) groups excluding carboxylic acids is 2. The summed E-state index contributed by atoms with van der Waals surface area (Å²) in [5, 5.41) is 4.35. The van der Waals surface area contributed by atoms with E-state index in [-0.39, 0.29) is 11.8 Å². The lowest BCUT2D eigenvalue weighted by Gasteiger charge is -2.35. The molecule has 25 heavy (non-hydrogen) atoms. The highest BCUT2D eigenvalue weighted by atomic mass is 16.5. The van der Waals surface area contributed by atoms with Crippen molar-refractivity contribution in [2.24, 2.45) is 0 Å². The van der Waals surface area contributed by atoms with Gasteiger partial charge in [-0.3, -0.25) is 9.59 Å². The highest BCUT2D eigenvalue weighted by molar-refractivity contribution is 5.81. The second kappa shape index (κ2) is 7.38. The van der Waals surface area contributed by atoms with Crippen LogP contribution in [0, 0.1) is 0 Å². The molecule has 0 N–H and O–H groups in total. The van der Waals surface area contributed by atoms with Gasteiger partial charge in [0.15, 0.2) is 6.10 Å². The number of benzene rings is 1. The number of piperazine rings is 1. The van der Waals surface area contributed by atoms with Gasteiger partial charge < -0.3 is 14.5 Å². The third-order valence-corrected chi connectivity index (χ3v) is 4.27. The molecule has 0 saturated carbocycles. The Morgan fingerprint density at radius 1 is 1.04 bits per heavy atom. The first-order valence-electron chi connectivity index (χ1n) is 8.36. The van der Waals surface area contributed by atoms with Crippen molar-refractivity contribution < 1.29 is 14.3 Å². The molecule has 3 rings (SSSR count). The van der Waals surface area contributed by atoms with Crippen LogP contribution in [0.2, 0.25) is 0 Å². The van der Waals surface area contributed by atoms with Crippen molar-refractivity contribution in [1.29, 1.82) is 0 Å². The van der Waals surface area contributed by atoms with Crippen LogP contribution in [0.1, 0.15) is 13.8 Å². The van der Waals surface area contributed by atoms with Gasteiger partial charge in [0.2, 0.25) is 11.8 Å². The Morgan fingerprint density at radius 2 is 1.68 bits per heavy atom. The molecule has 1 aliphatic rings. The Balaban J connectivity index is 1.57. The van der Waals surface area contributed by atoms with E-state index < -0.39 is 6.10 Å². The topological polar surface area (TPSA) is 67.7 Å². The molecule has 1 aromatic carbocycles. The van der Waals surface area contributed by atoms with E-state index in [1.807, 2.05) is 30.3 Å². The smallest absolute Gasteiger partial charge is 0.263 e. The molecule has 1 atom stereocenters. The molecule has 2 amide bonds. The number of amides is 2. The molecule has 2 aromatic rings. The van der Waals surface area contributed by atoms with Gasteiger partial charge in [-0.05, 0) is 19.1 Å². The SMILES string of the molecule is CC(=O)N1CCN(C(=O)C(C)Oc2ccn(-c3ccccc3)n2)CC1. The lowest BCUT2D eigenvalue weighted by Crippen LogP contribution is -2.52. The number of rotatable bonds is 4. The number of ether oxygens (including phenoxy) is 1. The van der Waals surface area contributed by atoms with E-state index in [0.717, 1.165) is 5.69 Å². The van der Waals surface area contributed by atoms with Crippen LogP contribution in [0.3, 0.4) is 0 Å². The van der Waals surface area contributed by atoms with Gasteiger partial charge in [0.25, 0.3) is 5.91 Å². The summed E-state index contributed by atoms with van der Waals surface area (Å²) in [6, 6.07) is 11.4. The zero-order chi connectivity index (χ0) is 17.8. The monoisotopic (exact) mass is 342 g/mol. The lowest BCUT2D eigenvalue weighted by molar-refractivity contribution is -0.143. The second-order valence-corrected chi connectivity index (χ2v) is 6.03. The molecule has 1 aromatic heterocycles. The van der Waals surface area contributed by atoms with Crippen LogP contribution >= 0.6 is 0 Å². The predicted octanol–water partition coefficient (Wildman–Crippen LogP) is 1.33. The van der Waals surface area contributed by atoms with Crippen LogP contribution in [0.25, 0.3) is 5.69 Å². The molecule has 1 unspecified atom stereocenters. The average molecular weight is 342 g/mol. The molecule has 7 heteroatoms. The molecular formula is C18H22N4O3. The number of aromatic nitrogens is 2. The zero-order valence-corrected chi connectivity index (χ0v) is 14.5. The van der Waals surface area contributed by atoms with Gasteiger partial charge >= 0.3 is 0 Å². The third kappa shape index (κ3) is 3.99. The number of para-hydroxylation sites is 1. The van der Waals surface area contributed by atoms with Crippen LogP contribution in [0.5, 0.6) is 5.88 Å². The molecule has 2 heterocycles. The van der Waals surface area contributed by atoms with Crippen molar-refractivity contribution >= 4 is 11.8 Å². The fraction of sp³-hybridized carbons (Fsp3) is 0.389. The molecular weight excluding hydrogens is 320 g/mol. The number of carbonyl (C=O) groups is 2. The number of nitrogens with zero attached hydrogens (tertiary/aromatic N) is 4. The van der Waals surface area contributed by atoms with Crippen LogP contribution in [-0.4, -0.2) is 63.7 Å². The average Bonchev–Trinajstić information content (AvgIpc) is 3.10. The fourth-order valence-electron chi connectivity index (χ4n) is 2.82. The third-order valence-electron chi connectivity index (χ3n) is 4.27. The minimum absolute atomic E-state index is 0.0443. The summed E-state index contributed by atoms with van der Waals surface area (Å²) >= 11 is 0. The number of hydrogen-bond acceptors (Lipinski definition) is 4. The van der Waals surface area contributed by atoms with Crippen LogP contribution in [0.15, 0.2) is 42.6 Å². The first-order chi connectivity index (χ1) is 12.0. The van der Waals surface area contributed by atoms with Crippen molar-refractivity contribution in [2.75, 3.05) is 26.2 Å². The summed E-state index contributed by atoms with van der Waals surface area (Å²) in [6.07, 6.45) is 1.18. The summed E-state index contributed by atoms with van der Waals surface area (Å²) in [7, 11) is 0. The van der Waals surface area contributed by atoms with E-state index >= 15 is 0 Å². The van der Waals surface area contributed by atoms with E-state index in [2.05, 4.69) is 5.10 Å². The van der Waals surface area contributed by atoms with Crippen molar-refractivity contribution in [2.45, 2.75) is 20.0 Å². The van der Waals surface area contributed by atoms with E-state index in [9.17, 15) is 9.59 Å². The highest BCUT2D eigenvalue weighted by Gasteiger charge is 2.27. The largest absolute Gasteiger partial charge is 0.463 e. The summed E-state index contributed by atoms with van der Waals surface area (Å²) in [4.78, 5) is 27.4. The molecule has 1 aliphatic heterocycles. The second-order valence-electron chi connectivity index (χ2n) is 6.03. The van der Waals surface area contributed by atoms with Gasteiger partial charge in [0, 0.05) is 45.4 Å². The Hall–Kier alpha value is -2.83. The summed E-state index contributed by atoms with van der Waals surface area (Å²) in [6.45, 7) is 5.47. The van der Waals surface area contributed by atoms with E-state index in [1.165, 1.54) is 0 Å². The molecule has 1 fully saturated rings. The molecule has 0 radical (unpaired) electrons. The first-order valence-corrected chi connectivity index (χ1v) is 8.36. The molecule has 0 spiro atoms. The minimum Gasteiger partial charge on any atom is -0.463 e. The molecule has 0 bridgehead atoms. The van der Waals surface area contributed by atoms with Crippen LogP contribution in [0.4, 0.5) is 0 Å². The predicted molar refractivity (Wildman–Crippen MR) is 92.5 cm³/mol. The maximum absolute atomic E-state index is 12.5. The summed E-state index contributed by atoms with van der Waals surface area (Å²) < 4.78 is 7.41. The summed E-state index contributed by atoms with van der Waals surface area (Å²) in [5.74, 6) is 0.368. The molecule has 7 nitrogen and oxygen atoms in total. The van der Waals surface area contributed by atoms with Gasteiger partial charge in [-0.15, -0.1) is 5.10 Å². The Bertz CT molecular complexity index is 736. The number of hydrogen-bond donors (Lipinski definition) is 0. The maximum atomic E-state index is 12.5. The molecule has 1 saturated heterocycles. The fourth-order valence-corrected chi connectivity index (χ4v) is 2.82. The quantitative estimate of drug-likeness (QED) is 0.841. The zero-order valence-electron chi connectivity index (χ0n) is 14.5. The Kier molecular flexibility index (Phi) is 5.02. The van der Waals surface area contributed by atoms with E-state index in [4.69, 9.17) is 4.74 Å². The summed E-state index contributed by atoms with van der Waals surface area (Å²) in [5.41, 5.74) is 0.927. The van der Waals surface area contributed by atoms with Crippen LogP contribution in [-0.2, 0) is 9.59 Å². The first kappa shape index (κ1) is 17.0. The van der Waals surface area contributed by atoms with Gasteiger partial charge in [-0.25, -0.2) is 4.68 Å². The Morgan fingerprint density at radius 3 is 2.32 bits per heavy atom. The van der Waals surface area contributed by atoms with E-state index in [1.54, 1.807) is 40.6 Å². The van der Waals surface area contributed by atoms with Gasteiger partial charge in [0.1, 0.15) is 0 Å². The molecule has 132 valence electrons. The van der Waals surface area contributed by atoms with Crippen molar-refractivity contribution in [3.8, 4) is 11.6 Å². The van der Waals surface area contributed by atoms with Gasteiger partial charge in [-0.2, -0.15) is 0 Å². The Labute approximate surface area is 146 Å². The lowest BCUT2D eigenvalue weighted by atomic mass is 10.2. The van der Waals surface area contributed by atoms with Gasteiger partial charge in [-0.1, -0.05) is 18.2 Å². The van der Waals surface area contributed by atoms with Crippen molar-refractivity contribution in [3.05, 3.63) is 42.6 Å². The van der Waals surface area contributed by atoms with E-state index in [0.29, 0.717) is 32.1 Å². The molecule has 0 aliphatic carbocycles. The standard InChI is InChI=1S/C18H22N4O3/c1-14(18(24)21-12-10-20(11-13-21)15(2)23)25-17-8-9-22(19-17)16-6-4-3-5-7-16/h3-9,14H,10-13H2,1-2H3. The van der Waals surface area contributed by atoms with Crippen molar-refractivity contribution in [3.63, 3.8) is 0 Å². The normalized spacial score (nSPS) is 15.8. The highest BCUT2D eigenvalue weighted by Crippen LogP contribution is 2.14.